The summed E-state index contributed by atoms with van der Waals surface area (Å²) in [4.78, 5) is 2.13. The van der Waals surface area contributed by atoms with Crippen molar-refractivity contribution < 1.29 is 8.78 Å². The maximum atomic E-state index is 13.1. The monoisotopic (exact) mass is 252 g/mol. The summed E-state index contributed by atoms with van der Waals surface area (Å²) in [7, 11) is 0. The molecule has 18 heavy (non-hydrogen) atoms. The fraction of sp³-hybridized carbons (Fsp3) is 0.571. The van der Waals surface area contributed by atoms with Gasteiger partial charge >= 0.3 is 0 Å². The van der Waals surface area contributed by atoms with Gasteiger partial charge in [-0.25, -0.2) is 8.78 Å². The first-order valence-corrected chi connectivity index (χ1v) is 6.58. The predicted molar refractivity (Wildman–Crippen MR) is 67.1 cm³/mol. The third-order valence-electron chi connectivity index (χ3n) is 4.06. The van der Waals surface area contributed by atoms with Crippen molar-refractivity contribution in [1.82, 2.24) is 10.2 Å². The molecule has 1 fully saturated rings. The van der Waals surface area contributed by atoms with Crippen LogP contribution in [0.25, 0.3) is 0 Å². The van der Waals surface area contributed by atoms with Crippen molar-refractivity contribution in [1.29, 1.82) is 0 Å². The van der Waals surface area contributed by atoms with E-state index in [9.17, 15) is 8.78 Å². The highest BCUT2D eigenvalue weighted by atomic mass is 19.3. The van der Waals surface area contributed by atoms with Crippen molar-refractivity contribution in [3.05, 3.63) is 35.2 Å². The summed E-state index contributed by atoms with van der Waals surface area (Å²) in [6, 6.07) is 0.255. The first-order valence-electron chi connectivity index (χ1n) is 6.58. The Morgan fingerprint density at radius 2 is 2.28 bits per heavy atom. The number of nitrogens with zero attached hydrogens (tertiary/aromatic N) is 1. The SMILES string of the molecule is CC1NCCN2C=CC(C(F)F)C3=C2C1=CCC3. The zero-order chi connectivity index (χ0) is 12.7. The number of nitrogens with one attached hydrogen (secondary N) is 1. The van der Waals surface area contributed by atoms with Crippen molar-refractivity contribution in [3.63, 3.8) is 0 Å². The van der Waals surface area contributed by atoms with E-state index >= 15 is 0 Å². The number of hydrogen-bond acceptors (Lipinski definition) is 2. The van der Waals surface area contributed by atoms with Crippen LogP contribution in [0.2, 0.25) is 0 Å². The summed E-state index contributed by atoms with van der Waals surface area (Å²) in [5.41, 5.74) is 3.19. The summed E-state index contributed by atoms with van der Waals surface area (Å²) >= 11 is 0. The molecule has 0 aromatic carbocycles. The van der Waals surface area contributed by atoms with Crippen LogP contribution in [-0.4, -0.2) is 30.5 Å². The van der Waals surface area contributed by atoms with Crippen LogP contribution in [-0.2, 0) is 0 Å². The van der Waals surface area contributed by atoms with Gasteiger partial charge in [-0.3, -0.25) is 0 Å². The zero-order valence-electron chi connectivity index (χ0n) is 10.5. The van der Waals surface area contributed by atoms with E-state index in [4.69, 9.17) is 0 Å². The van der Waals surface area contributed by atoms with Crippen LogP contribution in [0, 0.1) is 5.92 Å². The Bertz CT molecular complexity index is 437. The molecule has 98 valence electrons. The van der Waals surface area contributed by atoms with E-state index < -0.39 is 12.3 Å². The molecule has 3 aliphatic rings. The standard InChI is InChI=1S/C14H18F2N2/c1-9-10-3-2-4-11-12(14(15)16)5-7-18(13(10)11)8-6-17-9/h3,5,7,9,12,14,17H,2,4,6,8H2,1H3. The number of allylic oxidation sites excluding steroid dienone is 3. The lowest BCUT2D eigenvalue weighted by atomic mass is 9.83. The van der Waals surface area contributed by atoms with Crippen molar-refractivity contribution in [2.45, 2.75) is 32.2 Å². The Morgan fingerprint density at radius 1 is 1.44 bits per heavy atom. The maximum Gasteiger partial charge on any atom is 0.248 e. The van der Waals surface area contributed by atoms with Gasteiger partial charge in [0.2, 0.25) is 6.43 Å². The van der Waals surface area contributed by atoms with E-state index in [0.717, 1.165) is 37.2 Å². The average molecular weight is 252 g/mol. The maximum absolute atomic E-state index is 13.1. The normalized spacial score (nSPS) is 31.3. The van der Waals surface area contributed by atoms with Gasteiger partial charge in [0.25, 0.3) is 0 Å². The summed E-state index contributed by atoms with van der Waals surface area (Å²) in [5, 5.41) is 3.43. The van der Waals surface area contributed by atoms with Crippen LogP contribution < -0.4 is 5.32 Å². The Balaban J connectivity index is 2.07. The van der Waals surface area contributed by atoms with E-state index in [1.807, 2.05) is 6.20 Å². The number of halogens is 2. The molecular formula is C14H18F2N2. The minimum absolute atomic E-state index is 0.255. The highest BCUT2D eigenvalue weighted by molar-refractivity contribution is 5.46. The fourth-order valence-corrected chi connectivity index (χ4v) is 3.16. The predicted octanol–water partition coefficient (Wildman–Crippen LogP) is 2.66. The van der Waals surface area contributed by atoms with Crippen molar-refractivity contribution in [2.24, 2.45) is 5.92 Å². The molecule has 2 unspecified atom stereocenters. The fourth-order valence-electron chi connectivity index (χ4n) is 3.16. The first kappa shape index (κ1) is 11.9. The van der Waals surface area contributed by atoms with E-state index in [1.54, 1.807) is 6.08 Å². The van der Waals surface area contributed by atoms with Gasteiger partial charge in [-0.15, -0.1) is 0 Å². The molecule has 1 N–H and O–H groups in total. The van der Waals surface area contributed by atoms with Crippen LogP contribution in [0.3, 0.4) is 0 Å². The molecule has 0 saturated carbocycles. The molecule has 1 aliphatic carbocycles. The Labute approximate surface area is 106 Å². The first-order chi connectivity index (χ1) is 8.68. The highest BCUT2D eigenvalue weighted by Gasteiger charge is 2.35. The van der Waals surface area contributed by atoms with Crippen molar-refractivity contribution in [2.75, 3.05) is 13.1 Å². The molecule has 2 aliphatic heterocycles. The van der Waals surface area contributed by atoms with Crippen molar-refractivity contribution in [3.8, 4) is 0 Å². The summed E-state index contributed by atoms with van der Waals surface area (Å²) in [6.45, 7) is 3.85. The molecule has 0 amide bonds. The molecule has 2 heterocycles. The third-order valence-corrected chi connectivity index (χ3v) is 4.06. The Morgan fingerprint density at radius 3 is 3.06 bits per heavy atom. The van der Waals surface area contributed by atoms with Gasteiger partial charge in [0.15, 0.2) is 0 Å². The van der Waals surface area contributed by atoms with Gasteiger partial charge < -0.3 is 10.2 Å². The quantitative estimate of drug-likeness (QED) is 0.772. The van der Waals surface area contributed by atoms with E-state index in [1.165, 1.54) is 5.57 Å². The Kier molecular flexibility index (Phi) is 2.98. The Hall–Kier alpha value is -1.16. The van der Waals surface area contributed by atoms with Gasteiger partial charge in [-0.05, 0) is 30.9 Å². The zero-order valence-corrected chi connectivity index (χ0v) is 10.5. The van der Waals surface area contributed by atoms with Crippen molar-refractivity contribution >= 4 is 0 Å². The highest BCUT2D eigenvalue weighted by Crippen LogP contribution is 2.40. The molecule has 0 aromatic rings. The van der Waals surface area contributed by atoms with Crippen LogP contribution in [0.1, 0.15) is 19.8 Å². The molecule has 0 aromatic heterocycles. The van der Waals surface area contributed by atoms with E-state index in [2.05, 4.69) is 23.2 Å². The topological polar surface area (TPSA) is 15.3 Å². The molecule has 0 radical (unpaired) electrons. The lowest BCUT2D eigenvalue weighted by Crippen LogP contribution is -2.30. The number of rotatable bonds is 1. The molecule has 2 nitrogen and oxygen atoms in total. The smallest absolute Gasteiger partial charge is 0.248 e. The third kappa shape index (κ3) is 1.79. The van der Waals surface area contributed by atoms with Crippen LogP contribution >= 0.6 is 0 Å². The van der Waals surface area contributed by atoms with Gasteiger partial charge in [0.05, 0.1) is 5.92 Å². The van der Waals surface area contributed by atoms with E-state index in [0.29, 0.717) is 0 Å². The molecule has 4 heteroatoms. The van der Waals surface area contributed by atoms with Gasteiger partial charge in [-0.2, -0.15) is 0 Å². The molecule has 0 bridgehead atoms. The van der Waals surface area contributed by atoms with Gasteiger partial charge in [0, 0.05) is 31.0 Å². The van der Waals surface area contributed by atoms with E-state index in [-0.39, 0.29) is 6.04 Å². The molecule has 0 spiro atoms. The largest absolute Gasteiger partial charge is 0.347 e. The lowest BCUT2D eigenvalue weighted by Gasteiger charge is -2.35. The average Bonchev–Trinajstić information content (AvgIpc) is 2.52. The van der Waals surface area contributed by atoms with Crippen LogP contribution in [0.5, 0.6) is 0 Å². The van der Waals surface area contributed by atoms with Crippen LogP contribution in [0.15, 0.2) is 35.2 Å². The molecule has 1 saturated heterocycles. The summed E-state index contributed by atoms with van der Waals surface area (Å²) in [5.74, 6) is -0.690. The van der Waals surface area contributed by atoms with Gasteiger partial charge in [0.1, 0.15) is 0 Å². The van der Waals surface area contributed by atoms with Crippen LogP contribution in [0.4, 0.5) is 8.78 Å². The minimum atomic E-state index is -2.29. The molecule has 2 atom stereocenters. The molecular weight excluding hydrogens is 234 g/mol. The molecule has 3 rings (SSSR count). The van der Waals surface area contributed by atoms with Gasteiger partial charge in [-0.1, -0.05) is 12.2 Å². The lowest BCUT2D eigenvalue weighted by molar-refractivity contribution is 0.110. The minimum Gasteiger partial charge on any atom is -0.347 e. The second-order valence-corrected chi connectivity index (χ2v) is 5.14. The number of alkyl halides is 2. The number of hydrogen-bond donors (Lipinski definition) is 1. The second-order valence-electron chi connectivity index (χ2n) is 5.14. The second kappa shape index (κ2) is 4.50. The summed E-state index contributed by atoms with van der Waals surface area (Å²) in [6.07, 6.45) is 5.07. The summed E-state index contributed by atoms with van der Waals surface area (Å²) < 4.78 is 26.3.